The second kappa shape index (κ2) is 4.61. The van der Waals surface area contributed by atoms with Crippen LogP contribution in [0.3, 0.4) is 0 Å². The van der Waals surface area contributed by atoms with E-state index < -0.39 is 4.87 Å². The quantitative estimate of drug-likeness (QED) is 0.881. The molecule has 0 aromatic heterocycles. The molecule has 5 heteroatoms. The lowest BCUT2D eigenvalue weighted by atomic mass is 10.0. The van der Waals surface area contributed by atoms with Crippen molar-refractivity contribution < 1.29 is 9.59 Å². The van der Waals surface area contributed by atoms with Gasteiger partial charge in [0.25, 0.3) is 5.91 Å². The number of amides is 2. The molecule has 4 rings (SSSR count). The SMILES string of the molecule is C[C@@H]1S[C@]2(C(=O)Nc3ccccc32)N(c2ccccc2)C1=O. The van der Waals surface area contributed by atoms with Crippen LogP contribution in [0.2, 0.25) is 0 Å². The van der Waals surface area contributed by atoms with Crippen LogP contribution >= 0.6 is 11.8 Å². The summed E-state index contributed by atoms with van der Waals surface area (Å²) in [5.74, 6) is -0.191. The highest BCUT2D eigenvalue weighted by atomic mass is 32.2. The van der Waals surface area contributed by atoms with Gasteiger partial charge >= 0.3 is 0 Å². The van der Waals surface area contributed by atoms with Crippen LogP contribution in [-0.2, 0) is 14.5 Å². The molecular formula is C17H14N2O2S. The molecule has 22 heavy (non-hydrogen) atoms. The van der Waals surface area contributed by atoms with E-state index in [0.29, 0.717) is 0 Å². The number of hydrogen-bond acceptors (Lipinski definition) is 3. The van der Waals surface area contributed by atoms with Gasteiger partial charge in [0.15, 0.2) is 0 Å². The molecule has 1 fully saturated rings. The Hall–Kier alpha value is -2.27. The zero-order chi connectivity index (χ0) is 15.3. The molecule has 0 aliphatic carbocycles. The van der Waals surface area contributed by atoms with Gasteiger partial charge in [0.05, 0.1) is 5.25 Å². The molecule has 2 aromatic carbocycles. The number of thioether (sulfide) groups is 1. The number of nitrogens with zero attached hydrogens (tertiary/aromatic N) is 1. The van der Waals surface area contributed by atoms with Crippen molar-refractivity contribution in [2.75, 3.05) is 10.2 Å². The Morgan fingerprint density at radius 1 is 1.05 bits per heavy atom. The second-order valence-corrected chi connectivity index (χ2v) is 6.95. The number of hydrogen-bond donors (Lipinski definition) is 1. The van der Waals surface area contributed by atoms with Crippen LogP contribution in [0.5, 0.6) is 0 Å². The van der Waals surface area contributed by atoms with Crippen LogP contribution < -0.4 is 10.2 Å². The van der Waals surface area contributed by atoms with Crippen molar-refractivity contribution in [3.63, 3.8) is 0 Å². The minimum absolute atomic E-state index is 0.0388. The molecule has 1 spiro atoms. The molecule has 4 nitrogen and oxygen atoms in total. The Bertz CT molecular complexity index is 777. The minimum Gasteiger partial charge on any atom is -0.323 e. The van der Waals surface area contributed by atoms with Gasteiger partial charge < -0.3 is 5.32 Å². The Labute approximate surface area is 132 Å². The third-order valence-corrected chi connectivity index (χ3v) is 5.58. The van der Waals surface area contributed by atoms with E-state index >= 15 is 0 Å². The molecule has 2 aliphatic heterocycles. The summed E-state index contributed by atoms with van der Waals surface area (Å²) in [6.45, 7) is 1.85. The fourth-order valence-corrected chi connectivity index (χ4v) is 4.62. The normalized spacial score (nSPS) is 26.4. The smallest absolute Gasteiger partial charge is 0.266 e. The van der Waals surface area contributed by atoms with Gasteiger partial charge in [0.2, 0.25) is 10.8 Å². The van der Waals surface area contributed by atoms with Crippen molar-refractivity contribution in [1.29, 1.82) is 0 Å². The number of carbonyl (C=O) groups excluding carboxylic acids is 2. The van der Waals surface area contributed by atoms with Crippen LogP contribution in [0.15, 0.2) is 54.6 Å². The molecule has 2 aromatic rings. The van der Waals surface area contributed by atoms with Crippen LogP contribution in [0.4, 0.5) is 11.4 Å². The number of para-hydroxylation sites is 2. The summed E-state index contributed by atoms with van der Waals surface area (Å²) in [7, 11) is 0. The Balaban J connectivity index is 1.96. The van der Waals surface area contributed by atoms with Gasteiger partial charge in [-0.3, -0.25) is 14.5 Å². The first-order valence-electron chi connectivity index (χ1n) is 7.12. The van der Waals surface area contributed by atoms with Crippen LogP contribution in [-0.4, -0.2) is 17.1 Å². The van der Waals surface area contributed by atoms with Crippen LogP contribution in [0.1, 0.15) is 12.5 Å². The summed E-state index contributed by atoms with van der Waals surface area (Å²) in [6.07, 6.45) is 0. The van der Waals surface area contributed by atoms with Gasteiger partial charge in [-0.1, -0.05) is 36.4 Å². The third-order valence-electron chi connectivity index (χ3n) is 4.09. The molecule has 110 valence electrons. The molecule has 0 unspecified atom stereocenters. The van der Waals surface area contributed by atoms with Crippen LogP contribution in [0.25, 0.3) is 0 Å². The van der Waals surface area contributed by atoms with E-state index in [1.807, 2.05) is 61.5 Å². The summed E-state index contributed by atoms with van der Waals surface area (Å²) in [5.41, 5.74) is 2.38. The topological polar surface area (TPSA) is 49.4 Å². The maximum atomic E-state index is 12.8. The largest absolute Gasteiger partial charge is 0.323 e. The van der Waals surface area contributed by atoms with Crippen molar-refractivity contribution in [3.05, 3.63) is 60.2 Å². The lowest BCUT2D eigenvalue weighted by Gasteiger charge is -2.32. The Morgan fingerprint density at radius 3 is 2.50 bits per heavy atom. The van der Waals surface area contributed by atoms with Crippen LogP contribution in [0, 0.1) is 0 Å². The number of carbonyl (C=O) groups is 2. The number of anilines is 2. The highest BCUT2D eigenvalue weighted by molar-refractivity contribution is 8.03. The first kappa shape index (κ1) is 13.4. The summed E-state index contributed by atoms with van der Waals surface area (Å²) in [5, 5.41) is 2.65. The van der Waals surface area contributed by atoms with Crippen molar-refractivity contribution in [2.45, 2.75) is 17.0 Å². The van der Waals surface area contributed by atoms with E-state index in [4.69, 9.17) is 0 Å². The number of benzene rings is 2. The summed E-state index contributed by atoms with van der Waals surface area (Å²) in [4.78, 5) is 26.2. The fourth-order valence-electron chi connectivity index (χ4n) is 3.14. The third kappa shape index (κ3) is 1.60. The van der Waals surface area contributed by atoms with Crippen molar-refractivity contribution in [2.24, 2.45) is 0 Å². The lowest BCUT2D eigenvalue weighted by Crippen LogP contribution is -2.47. The fraction of sp³-hybridized carbons (Fsp3) is 0.176. The second-order valence-electron chi connectivity index (χ2n) is 5.41. The predicted molar refractivity (Wildman–Crippen MR) is 87.7 cm³/mol. The minimum atomic E-state index is -1.01. The molecule has 1 saturated heterocycles. The van der Waals surface area contributed by atoms with E-state index in [-0.39, 0.29) is 17.1 Å². The zero-order valence-corrected chi connectivity index (χ0v) is 12.8. The first-order chi connectivity index (χ1) is 10.6. The first-order valence-corrected chi connectivity index (χ1v) is 8.00. The lowest BCUT2D eigenvalue weighted by molar-refractivity contribution is -0.122. The molecule has 0 radical (unpaired) electrons. The van der Waals surface area contributed by atoms with Gasteiger partial charge in [-0.25, -0.2) is 0 Å². The summed E-state index contributed by atoms with van der Waals surface area (Å²) < 4.78 is 0. The maximum Gasteiger partial charge on any atom is 0.266 e. The maximum absolute atomic E-state index is 12.8. The van der Waals surface area contributed by atoms with Crippen molar-refractivity contribution >= 4 is 35.0 Å². The van der Waals surface area contributed by atoms with Crippen molar-refractivity contribution in [1.82, 2.24) is 0 Å². The number of fused-ring (bicyclic) bond motifs is 2. The average Bonchev–Trinajstić information content (AvgIpc) is 2.96. The summed E-state index contributed by atoms with van der Waals surface area (Å²) in [6, 6.07) is 17.0. The van der Waals surface area contributed by atoms with E-state index in [1.54, 1.807) is 4.90 Å². The standard InChI is InChI=1S/C17H14N2O2S/c1-11-15(20)19(12-7-3-2-4-8-12)17(22-11)13-9-5-6-10-14(13)18-16(17)21/h2-11H,1H3,(H,18,21)/t11-,17+/m0/s1. The van der Waals surface area contributed by atoms with E-state index in [1.165, 1.54) is 11.8 Å². The molecule has 0 bridgehead atoms. The monoisotopic (exact) mass is 310 g/mol. The highest BCUT2D eigenvalue weighted by Crippen LogP contribution is 2.55. The van der Waals surface area contributed by atoms with Gasteiger partial charge in [-0.15, -0.1) is 11.8 Å². The Kier molecular flexibility index (Phi) is 2.81. The molecule has 1 N–H and O–H groups in total. The zero-order valence-electron chi connectivity index (χ0n) is 11.9. The predicted octanol–water partition coefficient (Wildman–Crippen LogP) is 2.96. The molecular weight excluding hydrogens is 296 g/mol. The summed E-state index contributed by atoms with van der Waals surface area (Å²) >= 11 is 1.40. The average molecular weight is 310 g/mol. The van der Waals surface area contributed by atoms with E-state index in [2.05, 4.69) is 5.32 Å². The number of nitrogens with one attached hydrogen (secondary N) is 1. The molecule has 2 heterocycles. The highest BCUT2D eigenvalue weighted by Gasteiger charge is 2.60. The molecule has 2 amide bonds. The van der Waals surface area contributed by atoms with Gasteiger partial charge in [0, 0.05) is 16.9 Å². The number of rotatable bonds is 1. The van der Waals surface area contributed by atoms with E-state index in [0.717, 1.165) is 16.9 Å². The van der Waals surface area contributed by atoms with Gasteiger partial charge in [0.1, 0.15) is 0 Å². The molecule has 2 atom stereocenters. The van der Waals surface area contributed by atoms with Gasteiger partial charge in [-0.2, -0.15) is 0 Å². The molecule has 2 aliphatic rings. The Morgan fingerprint density at radius 2 is 1.73 bits per heavy atom. The molecule has 0 saturated carbocycles. The van der Waals surface area contributed by atoms with E-state index in [9.17, 15) is 9.59 Å². The van der Waals surface area contributed by atoms with Crippen molar-refractivity contribution in [3.8, 4) is 0 Å². The van der Waals surface area contributed by atoms with Gasteiger partial charge in [-0.05, 0) is 25.1 Å².